The molecule has 146 valence electrons. The van der Waals surface area contributed by atoms with Crippen LogP contribution in [0, 0.1) is 29.1 Å². The molecule has 0 bridgehead atoms. The predicted molar refractivity (Wildman–Crippen MR) is 105 cm³/mol. The highest BCUT2D eigenvalue weighted by atomic mass is 16.5. The lowest BCUT2D eigenvalue weighted by Crippen LogP contribution is -2.38. The van der Waals surface area contributed by atoms with E-state index in [2.05, 4.69) is 32.9 Å². The summed E-state index contributed by atoms with van der Waals surface area (Å²) in [4.78, 5) is 12.1. The first kappa shape index (κ1) is 19.7. The van der Waals surface area contributed by atoms with Crippen LogP contribution in [0.25, 0.3) is 0 Å². The molecule has 0 aromatic rings. The Morgan fingerprint density at radius 2 is 1.96 bits per heavy atom. The van der Waals surface area contributed by atoms with Crippen molar-refractivity contribution >= 4 is 5.97 Å². The fourth-order valence-corrected chi connectivity index (χ4v) is 6.10. The van der Waals surface area contributed by atoms with Crippen molar-refractivity contribution in [1.82, 2.24) is 0 Å². The van der Waals surface area contributed by atoms with Gasteiger partial charge in [0.05, 0.1) is 19.1 Å². The molecule has 3 aliphatic rings. The summed E-state index contributed by atoms with van der Waals surface area (Å²) in [5.41, 5.74) is 3.19. The van der Waals surface area contributed by atoms with E-state index >= 15 is 0 Å². The van der Waals surface area contributed by atoms with E-state index in [4.69, 9.17) is 4.74 Å². The van der Waals surface area contributed by atoms with Crippen LogP contribution in [0.15, 0.2) is 23.3 Å². The van der Waals surface area contributed by atoms with Gasteiger partial charge in [0.25, 0.3) is 0 Å². The maximum Gasteiger partial charge on any atom is 0.308 e. The third-order valence-electron chi connectivity index (χ3n) is 7.76. The van der Waals surface area contributed by atoms with Gasteiger partial charge in [-0.25, -0.2) is 0 Å². The third kappa shape index (κ3) is 3.65. The van der Waals surface area contributed by atoms with Gasteiger partial charge in [0.1, 0.15) is 0 Å². The normalized spacial score (nSPS) is 41.9. The molecule has 26 heavy (non-hydrogen) atoms. The monoisotopic (exact) mass is 360 g/mol. The van der Waals surface area contributed by atoms with E-state index in [1.54, 1.807) is 5.57 Å². The summed E-state index contributed by atoms with van der Waals surface area (Å²) in [7, 11) is 1.51. The van der Waals surface area contributed by atoms with Crippen molar-refractivity contribution in [3.8, 4) is 0 Å². The van der Waals surface area contributed by atoms with Crippen molar-refractivity contribution in [3.05, 3.63) is 23.3 Å². The molecule has 0 heterocycles. The minimum Gasteiger partial charge on any atom is -0.469 e. The van der Waals surface area contributed by atoms with Gasteiger partial charge in [0.2, 0.25) is 0 Å². The lowest BCUT2D eigenvalue weighted by molar-refractivity contribution is -0.148. The smallest absolute Gasteiger partial charge is 0.308 e. The van der Waals surface area contributed by atoms with Crippen molar-refractivity contribution in [2.24, 2.45) is 29.1 Å². The van der Waals surface area contributed by atoms with Crippen LogP contribution < -0.4 is 0 Å². The summed E-state index contributed by atoms with van der Waals surface area (Å²) >= 11 is 0. The van der Waals surface area contributed by atoms with Crippen LogP contribution in [0.4, 0.5) is 0 Å². The number of aliphatic hydroxyl groups excluding tert-OH is 1. The minimum absolute atomic E-state index is 0.0128. The van der Waals surface area contributed by atoms with Gasteiger partial charge in [0, 0.05) is 0 Å². The van der Waals surface area contributed by atoms with E-state index < -0.39 is 0 Å². The Labute approximate surface area is 158 Å². The van der Waals surface area contributed by atoms with Gasteiger partial charge < -0.3 is 9.84 Å². The number of carbonyl (C=O) groups is 1. The van der Waals surface area contributed by atoms with Gasteiger partial charge in [-0.2, -0.15) is 0 Å². The van der Waals surface area contributed by atoms with E-state index in [1.165, 1.54) is 38.4 Å². The standard InChI is InChI=1S/C23H36O3/c1-15-7-10-19(24)14-18(15)9-8-17-6-5-13-23(3)20(11-12-21(17)23)16(2)22(25)26-4/h8-9,15-16,19-21,24H,5-7,10-14H2,1-4H3/b17-8+,18-9-/t15?,16-,19-,20?,21?,23+/m0/s1. The Kier molecular flexibility index (Phi) is 5.96. The number of hydrogen-bond donors (Lipinski definition) is 1. The highest BCUT2D eigenvalue weighted by Crippen LogP contribution is 2.59. The molecule has 3 rings (SSSR count). The molecule has 0 aromatic heterocycles. The molecule has 0 radical (unpaired) electrons. The fraction of sp³-hybridized carbons (Fsp3) is 0.783. The molecule has 0 saturated heterocycles. The lowest BCUT2D eigenvalue weighted by atomic mass is 9.61. The molecule has 3 aliphatic carbocycles. The van der Waals surface area contributed by atoms with Crippen LogP contribution in [0.2, 0.25) is 0 Å². The molecule has 3 unspecified atom stereocenters. The summed E-state index contributed by atoms with van der Waals surface area (Å²) in [6, 6.07) is 0. The molecule has 3 fully saturated rings. The average Bonchev–Trinajstić information content (AvgIpc) is 2.98. The number of carbonyl (C=O) groups excluding carboxylic acids is 1. The van der Waals surface area contributed by atoms with Crippen LogP contribution in [0.3, 0.4) is 0 Å². The molecule has 0 spiro atoms. The minimum atomic E-state index is -0.163. The Bertz CT molecular complexity index is 590. The third-order valence-corrected chi connectivity index (χ3v) is 7.76. The Balaban J connectivity index is 1.80. The molecule has 3 nitrogen and oxygen atoms in total. The molecule has 0 aromatic carbocycles. The summed E-state index contributed by atoms with van der Waals surface area (Å²) in [6.07, 6.45) is 13.3. The van der Waals surface area contributed by atoms with Crippen LogP contribution in [-0.4, -0.2) is 24.3 Å². The first-order chi connectivity index (χ1) is 12.4. The Morgan fingerprint density at radius 3 is 2.69 bits per heavy atom. The number of methoxy groups -OCH3 is 1. The molecule has 3 saturated carbocycles. The van der Waals surface area contributed by atoms with E-state index in [0.717, 1.165) is 25.7 Å². The van der Waals surface area contributed by atoms with Gasteiger partial charge in [-0.15, -0.1) is 0 Å². The van der Waals surface area contributed by atoms with Gasteiger partial charge >= 0.3 is 5.97 Å². The van der Waals surface area contributed by atoms with E-state index in [0.29, 0.717) is 17.8 Å². The maximum absolute atomic E-state index is 12.1. The summed E-state index contributed by atoms with van der Waals surface area (Å²) in [5, 5.41) is 9.99. The van der Waals surface area contributed by atoms with E-state index in [9.17, 15) is 9.90 Å². The predicted octanol–water partition coefficient (Wildman–Crippen LogP) is 5.05. The number of allylic oxidation sites excluding steroid dienone is 3. The summed E-state index contributed by atoms with van der Waals surface area (Å²) in [6.45, 7) is 6.74. The molecule has 0 amide bonds. The average molecular weight is 361 g/mol. The van der Waals surface area contributed by atoms with Crippen molar-refractivity contribution in [2.75, 3.05) is 7.11 Å². The number of esters is 1. The van der Waals surface area contributed by atoms with Crippen molar-refractivity contribution in [3.63, 3.8) is 0 Å². The summed E-state index contributed by atoms with van der Waals surface area (Å²) < 4.78 is 5.04. The lowest BCUT2D eigenvalue weighted by Gasteiger charge is -2.43. The van der Waals surface area contributed by atoms with E-state index in [-0.39, 0.29) is 23.4 Å². The zero-order valence-electron chi connectivity index (χ0n) is 17.0. The number of aliphatic hydroxyl groups is 1. The zero-order chi connectivity index (χ0) is 18.9. The quantitative estimate of drug-likeness (QED) is 0.717. The van der Waals surface area contributed by atoms with Gasteiger partial charge in [-0.1, -0.05) is 44.1 Å². The van der Waals surface area contributed by atoms with Crippen molar-refractivity contribution in [1.29, 1.82) is 0 Å². The second-order valence-electron chi connectivity index (χ2n) is 9.23. The zero-order valence-corrected chi connectivity index (χ0v) is 17.0. The second kappa shape index (κ2) is 7.88. The topological polar surface area (TPSA) is 46.5 Å². The maximum atomic E-state index is 12.1. The molecule has 0 aliphatic heterocycles. The SMILES string of the molecule is COC(=O)[C@@H](C)C1CCC2/C(=C/C=C3/C[C@@H](O)CCC3C)CCC[C@@]21C. The van der Waals surface area contributed by atoms with Crippen LogP contribution >= 0.6 is 0 Å². The Hall–Kier alpha value is -1.09. The first-order valence-corrected chi connectivity index (χ1v) is 10.5. The molecular formula is C23H36O3. The number of rotatable bonds is 3. The summed E-state index contributed by atoms with van der Waals surface area (Å²) in [5.74, 6) is 1.53. The van der Waals surface area contributed by atoms with Gasteiger partial charge in [0.15, 0.2) is 0 Å². The Morgan fingerprint density at radius 1 is 1.23 bits per heavy atom. The largest absolute Gasteiger partial charge is 0.469 e. The molecular weight excluding hydrogens is 324 g/mol. The van der Waals surface area contributed by atoms with Crippen LogP contribution in [0.5, 0.6) is 0 Å². The number of hydrogen-bond acceptors (Lipinski definition) is 3. The number of ether oxygens (including phenoxy) is 1. The van der Waals surface area contributed by atoms with Gasteiger partial charge in [-0.3, -0.25) is 4.79 Å². The second-order valence-corrected chi connectivity index (χ2v) is 9.23. The number of fused-ring (bicyclic) bond motifs is 1. The highest BCUT2D eigenvalue weighted by molar-refractivity contribution is 5.72. The van der Waals surface area contributed by atoms with Crippen molar-refractivity contribution in [2.45, 2.75) is 78.2 Å². The molecule has 1 N–H and O–H groups in total. The molecule has 6 atom stereocenters. The van der Waals surface area contributed by atoms with Crippen LogP contribution in [-0.2, 0) is 9.53 Å². The first-order valence-electron chi connectivity index (χ1n) is 10.5. The van der Waals surface area contributed by atoms with E-state index in [1.807, 2.05) is 0 Å². The van der Waals surface area contributed by atoms with Gasteiger partial charge in [-0.05, 0) is 74.5 Å². The highest BCUT2D eigenvalue weighted by Gasteiger charge is 2.52. The van der Waals surface area contributed by atoms with Crippen LogP contribution in [0.1, 0.15) is 72.1 Å². The fourth-order valence-electron chi connectivity index (χ4n) is 6.10. The van der Waals surface area contributed by atoms with Crippen molar-refractivity contribution < 1.29 is 14.6 Å². The molecule has 3 heteroatoms.